The van der Waals surface area contributed by atoms with Crippen LogP contribution in [0.5, 0.6) is 0 Å². The first-order valence-corrected chi connectivity index (χ1v) is 4.91. The minimum Gasteiger partial charge on any atom is -0.336 e. The van der Waals surface area contributed by atoms with Gasteiger partial charge >= 0.3 is 12.1 Å². The van der Waals surface area contributed by atoms with E-state index in [2.05, 4.69) is 15.6 Å². The molecular weight excluding hydrogens is 204 g/mol. The van der Waals surface area contributed by atoms with Crippen LogP contribution in [0.2, 0.25) is 0 Å². The third kappa shape index (κ3) is 1.67. The number of amides is 4. The Morgan fingerprint density at radius 3 is 3.14 bits per heavy atom. The third-order valence-corrected chi connectivity index (χ3v) is 2.44. The number of nitrogens with one attached hydrogen (secondary N) is 2. The molecule has 1 aromatic heterocycles. The first-order valence-electron chi connectivity index (χ1n) is 4.03. The van der Waals surface area contributed by atoms with Gasteiger partial charge in [-0.15, -0.1) is 11.3 Å². The average Bonchev–Trinajstić information content (AvgIpc) is 2.75. The van der Waals surface area contributed by atoms with Gasteiger partial charge in [0.05, 0.1) is 0 Å². The van der Waals surface area contributed by atoms with Crippen LogP contribution in [0.4, 0.5) is 14.7 Å². The normalized spacial score (nSPS) is 15.4. The molecule has 14 heavy (non-hydrogen) atoms. The number of rotatable bonds is 1. The molecule has 0 spiro atoms. The zero-order valence-electron chi connectivity index (χ0n) is 7.19. The summed E-state index contributed by atoms with van der Waals surface area (Å²) in [6.07, 6.45) is 1.59. The van der Waals surface area contributed by atoms with Crippen molar-refractivity contribution in [2.75, 3.05) is 18.4 Å². The van der Waals surface area contributed by atoms with Crippen LogP contribution in [-0.4, -0.2) is 35.0 Å². The van der Waals surface area contributed by atoms with Crippen LogP contribution < -0.4 is 10.6 Å². The maximum absolute atomic E-state index is 11.4. The molecule has 0 unspecified atom stereocenters. The van der Waals surface area contributed by atoms with Crippen LogP contribution in [0, 0.1) is 0 Å². The van der Waals surface area contributed by atoms with Gasteiger partial charge in [-0.3, -0.25) is 5.32 Å². The lowest BCUT2D eigenvalue weighted by atomic mass is 10.6. The second-order valence-corrected chi connectivity index (χ2v) is 3.55. The van der Waals surface area contributed by atoms with Crippen molar-refractivity contribution in [1.29, 1.82) is 0 Å². The molecule has 1 aromatic rings. The van der Waals surface area contributed by atoms with E-state index < -0.39 is 6.03 Å². The van der Waals surface area contributed by atoms with Crippen molar-refractivity contribution in [3.05, 3.63) is 11.6 Å². The van der Waals surface area contributed by atoms with Crippen molar-refractivity contribution in [2.24, 2.45) is 0 Å². The van der Waals surface area contributed by atoms with Crippen LogP contribution in [0.1, 0.15) is 0 Å². The molecule has 4 amide bonds. The van der Waals surface area contributed by atoms with E-state index >= 15 is 0 Å². The first kappa shape index (κ1) is 8.95. The van der Waals surface area contributed by atoms with Crippen LogP contribution >= 0.6 is 11.3 Å². The Morgan fingerprint density at radius 2 is 2.57 bits per heavy atom. The lowest BCUT2D eigenvalue weighted by Crippen LogP contribution is -2.37. The molecule has 0 atom stereocenters. The topological polar surface area (TPSA) is 74.3 Å². The van der Waals surface area contributed by atoms with Gasteiger partial charge in [0.15, 0.2) is 5.13 Å². The van der Waals surface area contributed by atoms with E-state index in [-0.39, 0.29) is 6.03 Å². The number of hydrogen-bond donors (Lipinski definition) is 2. The molecule has 0 radical (unpaired) electrons. The molecule has 1 aliphatic heterocycles. The minimum absolute atomic E-state index is 0.362. The molecule has 1 saturated heterocycles. The number of carbonyl (C=O) groups excluding carboxylic acids is 2. The van der Waals surface area contributed by atoms with Gasteiger partial charge in [0.1, 0.15) is 0 Å². The second-order valence-electron chi connectivity index (χ2n) is 2.65. The van der Waals surface area contributed by atoms with Crippen molar-refractivity contribution < 1.29 is 9.59 Å². The molecule has 1 aliphatic rings. The van der Waals surface area contributed by atoms with Gasteiger partial charge in [0.2, 0.25) is 0 Å². The Bertz CT molecular complexity index is 351. The second kappa shape index (κ2) is 3.62. The van der Waals surface area contributed by atoms with Crippen molar-refractivity contribution in [3.8, 4) is 0 Å². The van der Waals surface area contributed by atoms with Gasteiger partial charge in [-0.2, -0.15) is 0 Å². The summed E-state index contributed by atoms with van der Waals surface area (Å²) in [5.41, 5.74) is 0. The molecule has 2 N–H and O–H groups in total. The van der Waals surface area contributed by atoms with Gasteiger partial charge in [-0.05, 0) is 0 Å². The highest BCUT2D eigenvalue weighted by atomic mass is 32.1. The maximum atomic E-state index is 11.4. The molecule has 0 aromatic carbocycles. The molecule has 1 fully saturated rings. The summed E-state index contributed by atoms with van der Waals surface area (Å²) in [5.74, 6) is 0. The summed E-state index contributed by atoms with van der Waals surface area (Å²) in [6.45, 7) is 0.903. The number of carbonyl (C=O) groups is 2. The molecular formula is C7H8N4O2S. The number of hydrogen-bond acceptors (Lipinski definition) is 4. The molecule has 2 heterocycles. The molecule has 74 valence electrons. The van der Waals surface area contributed by atoms with E-state index in [1.54, 1.807) is 11.6 Å². The van der Waals surface area contributed by atoms with Gasteiger partial charge in [-0.1, -0.05) is 0 Å². The fourth-order valence-electron chi connectivity index (χ4n) is 1.11. The highest BCUT2D eigenvalue weighted by molar-refractivity contribution is 7.13. The average molecular weight is 212 g/mol. The van der Waals surface area contributed by atoms with Gasteiger partial charge in [0.25, 0.3) is 0 Å². The van der Waals surface area contributed by atoms with E-state index in [0.29, 0.717) is 18.2 Å². The van der Waals surface area contributed by atoms with Gasteiger partial charge < -0.3 is 5.32 Å². The Balaban J connectivity index is 1.99. The molecule has 6 nitrogen and oxygen atoms in total. The van der Waals surface area contributed by atoms with Crippen molar-refractivity contribution in [1.82, 2.24) is 15.2 Å². The Hall–Kier alpha value is -1.63. The van der Waals surface area contributed by atoms with Crippen LogP contribution in [0.15, 0.2) is 11.6 Å². The zero-order valence-corrected chi connectivity index (χ0v) is 8.00. The summed E-state index contributed by atoms with van der Waals surface area (Å²) in [5, 5.41) is 7.31. The Kier molecular flexibility index (Phi) is 2.32. The number of urea groups is 2. The first-order chi connectivity index (χ1) is 6.77. The largest absolute Gasteiger partial charge is 0.336 e. The van der Waals surface area contributed by atoms with E-state index in [0.717, 1.165) is 4.90 Å². The molecule has 0 bridgehead atoms. The Labute approximate surface area is 83.9 Å². The van der Waals surface area contributed by atoms with Crippen molar-refractivity contribution in [3.63, 3.8) is 0 Å². The van der Waals surface area contributed by atoms with Crippen molar-refractivity contribution >= 4 is 28.5 Å². The number of anilines is 1. The molecule has 0 saturated carbocycles. The minimum atomic E-state index is -0.435. The predicted molar refractivity (Wildman–Crippen MR) is 51.2 cm³/mol. The van der Waals surface area contributed by atoms with Crippen LogP contribution in [0.3, 0.4) is 0 Å². The lowest BCUT2D eigenvalue weighted by molar-refractivity contribution is 0.207. The number of thiazole rings is 1. The molecule has 2 rings (SSSR count). The monoisotopic (exact) mass is 212 g/mol. The number of aromatic nitrogens is 1. The fraction of sp³-hybridized carbons (Fsp3) is 0.286. The fourth-order valence-corrected chi connectivity index (χ4v) is 1.63. The Morgan fingerprint density at radius 1 is 1.71 bits per heavy atom. The highest BCUT2D eigenvalue weighted by Crippen LogP contribution is 2.11. The summed E-state index contributed by atoms with van der Waals surface area (Å²) in [6, 6.07) is -0.797. The van der Waals surface area contributed by atoms with E-state index in [9.17, 15) is 9.59 Å². The van der Waals surface area contributed by atoms with E-state index in [1.165, 1.54) is 11.3 Å². The number of imide groups is 1. The molecule has 0 aliphatic carbocycles. The SMILES string of the molecule is O=C1NCCN1C(=O)Nc1nccs1. The number of nitrogens with zero attached hydrogens (tertiary/aromatic N) is 2. The summed E-state index contributed by atoms with van der Waals surface area (Å²) < 4.78 is 0. The summed E-state index contributed by atoms with van der Waals surface area (Å²) >= 11 is 1.31. The maximum Gasteiger partial charge on any atom is 0.331 e. The summed E-state index contributed by atoms with van der Waals surface area (Å²) in [4.78, 5) is 27.5. The van der Waals surface area contributed by atoms with Crippen LogP contribution in [-0.2, 0) is 0 Å². The van der Waals surface area contributed by atoms with Crippen LogP contribution in [0.25, 0.3) is 0 Å². The lowest BCUT2D eigenvalue weighted by Gasteiger charge is -2.11. The van der Waals surface area contributed by atoms with Gasteiger partial charge in [-0.25, -0.2) is 19.5 Å². The van der Waals surface area contributed by atoms with E-state index in [4.69, 9.17) is 0 Å². The zero-order chi connectivity index (χ0) is 9.97. The molecule has 7 heteroatoms. The highest BCUT2D eigenvalue weighted by Gasteiger charge is 2.26. The third-order valence-electron chi connectivity index (χ3n) is 1.75. The van der Waals surface area contributed by atoms with Gasteiger partial charge in [0, 0.05) is 24.7 Å². The summed E-state index contributed by atoms with van der Waals surface area (Å²) in [7, 11) is 0. The predicted octanol–water partition coefficient (Wildman–Crippen LogP) is 0.700. The van der Waals surface area contributed by atoms with Crippen molar-refractivity contribution in [2.45, 2.75) is 0 Å². The van der Waals surface area contributed by atoms with E-state index in [1.807, 2.05) is 0 Å². The standard InChI is InChI=1S/C7H8N4O2S/c12-6-9-1-3-11(6)7(13)10-5-8-2-4-14-5/h2,4H,1,3H2,(H,9,12)(H,8,10,13). The smallest absolute Gasteiger partial charge is 0.331 e. The quantitative estimate of drug-likeness (QED) is 0.719.